The molecule has 0 saturated heterocycles. The van der Waals surface area contributed by atoms with Gasteiger partial charge in [0.25, 0.3) is 0 Å². The van der Waals surface area contributed by atoms with Crippen molar-refractivity contribution in [2.75, 3.05) is 6.79 Å². The first-order valence-corrected chi connectivity index (χ1v) is 6.71. The number of aliphatic hydroxyl groups excluding tert-OH is 1. The summed E-state index contributed by atoms with van der Waals surface area (Å²) in [5.74, 6) is 1.87. The van der Waals surface area contributed by atoms with Gasteiger partial charge in [0, 0.05) is 17.0 Å². The van der Waals surface area contributed by atoms with Gasteiger partial charge < -0.3 is 19.3 Å². The average molecular weight is 279 g/mol. The fourth-order valence-corrected chi connectivity index (χ4v) is 2.45. The van der Waals surface area contributed by atoms with Crippen LogP contribution in [0.2, 0.25) is 0 Å². The molecule has 1 aliphatic heterocycles. The number of hydrogen-bond donors (Lipinski definition) is 1. The summed E-state index contributed by atoms with van der Waals surface area (Å²) in [6, 6.07) is 3.48. The van der Waals surface area contributed by atoms with Crippen LogP contribution in [0.4, 0.5) is 0 Å². The van der Waals surface area contributed by atoms with Gasteiger partial charge in [-0.15, -0.1) is 11.3 Å². The van der Waals surface area contributed by atoms with Crippen LogP contribution < -0.4 is 14.2 Å². The molecule has 3 rings (SSSR count). The summed E-state index contributed by atoms with van der Waals surface area (Å²) in [6.07, 6.45) is 0. The molecule has 5 nitrogen and oxygen atoms in total. The molecular weight excluding hydrogens is 266 g/mol. The number of thiazole rings is 1. The average Bonchev–Trinajstić information content (AvgIpc) is 3.03. The van der Waals surface area contributed by atoms with Gasteiger partial charge in [-0.1, -0.05) is 0 Å². The summed E-state index contributed by atoms with van der Waals surface area (Å²) in [5.41, 5.74) is 1.56. The number of ether oxygens (including phenoxy) is 3. The van der Waals surface area contributed by atoms with Crippen LogP contribution in [0.5, 0.6) is 17.2 Å². The highest BCUT2D eigenvalue weighted by molar-refractivity contribution is 7.09. The quantitative estimate of drug-likeness (QED) is 0.930. The number of aryl methyl sites for hydroxylation is 1. The van der Waals surface area contributed by atoms with Crippen molar-refractivity contribution >= 4 is 11.3 Å². The van der Waals surface area contributed by atoms with Crippen LogP contribution in [-0.2, 0) is 13.2 Å². The third-order valence-corrected chi connectivity index (χ3v) is 3.59. The van der Waals surface area contributed by atoms with Crippen molar-refractivity contribution in [3.63, 3.8) is 0 Å². The third-order valence-electron chi connectivity index (χ3n) is 2.77. The highest BCUT2D eigenvalue weighted by Gasteiger charge is 2.18. The number of aromatic nitrogens is 1. The van der Waals surface area contributed by atoms with Crippen LogP contribution in [0.25, 0.3) is 0 Å². The van der Waals surface area contributed by atoms with Gasteiger partial charge in [0.05, 0.1) is 17.3 Å². The topological polar surface area (TPSA) is 60.8 Å². The van der Waals surface area contributed by atoms with Gasteiger partial charge in [0.1, 0.15) is 12.4 Å². The summed E-state index contributed by atoms with van der Waals surface area (Å²) < 4.78 is 16.3. The van der Waals surface area contributed by atoms with Crippen LogP contribution in [0.3, 0.4) is 0 Å². The van der Waals surface area contributed by atoms with Gasteiger partial charge in [0.2, 0.25) is 6.79 Å². The van der Waals surface area contributed by atoms with E-state index in [0.717, 1.165) is 10.7 Å². The molecule has 0 unspecified atom stereocenters. The lowest BCUT2D eigenvalue weighted by Crippen LogP contribution is -1.99. The zero-order valence-electron chi connectivity index (χ0n) is 10.4. The Labute approximate surface area is 114 Å². The van der Waals surface area contributed by atoms with Crippen LogP contribution >= 0.6 is 11.3 Å². The maximum absolute atomic E-state index is 9.36. The first-order valence-electron chi connectivity index (χ1n) is 5.83. The molecule has 0 amide bonds. The molecule has 100 valence electrons. The Balaban J connectivity index is 1.80. The first kappa shape index (κ1) is 12.3. The molecule has 2 heterocycles. The van der Waals surface area contributed by atoms with Gasteiger partial charge in [0.15, 0.2) is 11.5 Å². The van der Waals surface area contributed by atoms with E-state index in [0.29, 0.717) is 29.4 Å². The molecule has 0 spiro atoms. The van der Waals surface area contributed by atoms with E-state index in [1.54, 1.807) is 23.5 Å². The lowest BCUT2D eigenvalue weighted by Gasteiger charge is -2.10. The van der Waals surface area contributed by atoms with Crippen molar-refractivity contribution in [2.24, 2.45) is 0 Å². The zero-order chi connectivity index (χ0) is 13.2. The second kappa shape index (κ2) is 5.07. The molecule has 1 N–H and O–H groups in total. The number of nitrogens with zero attached hydrogens (tertiary/aromatic N) is 1. The lowest BCUT2D eigenvalue weighted by atomic mass is 10.2. The van der Waals surface area contributed by atoms with Gasteiger partial charge in [-0.25, -0.2) is 4.98 Å². The van der Waals surface area contributed by atoms with Gasteiger partial charge in [-0.05, 0) is 13.0 Å². The summed E-state index contributed by atoms with van der Waals surface area (Å²) >= 11 is 1.58. The van der Waals surface area contributed by atoms with Crippen molar-refractivity contribution in [1.29, 1.82) is 0 Å². The Morgan fingerprint density at radius 2 is 2.16 bits per heavy atom. The fourth-order valence-electron chi connectivity index (χ4n) is 1.85. The van der Waals surface area contributed by atoms with E-state index in [-0.39, 0.29) is 13.4 Å². The number of aliphatic hydroxyl groups is 1. The molecule has 0 aliphatic carbocycles. The second-order valence-corrected chi connectivity index (χ2v) is 5.18. The molecular formula is C13H13NO4S. The standard InChI is InChI=1S/C13H13NO4S/c1-8-14-10(6-19-8)5-16-11-3-13-12(17-7-18-13)2-9(11)4-15/h2-3,6,15H,4-5,7H2,1H3. The summed E-state index contributed by atoms with van der Waals surface area (Å²) in [6.45, 7) is 2.42. The number of rotatable bonds is 4. The Morgan fingerprint density at radius 1 is 1.37 bits per heavy atom. The van der Waals surface area contributed by atoms with E-state index in [1.807, 2.05) is 12.3 Å². The molecule has 1 aromatic heterocycles. The molecule has 0 bridgehead atoms. The predicted octanol–water partition coefficient (Wildman–Crippen LogP) is 2.25. The fraction of sp³-hybridized carbons (Fsp3) is 0.308. The minimum absolute atomic E-state index is 0.109. The van der Waals surface area contributed by atoms with Crippen LogP contribution in [0.1, 0.15) is 16.3 Å². The minimum atomic E-state index is -0.109. The highest BCUT2D eigenvalue weighted by Crippen LogP contribution is 2.38. The van der Waals surface area contributed by atoms with Gasteiger partial charge in [-0.2, -0.15) is 0 Å². The highest BCUT2D eigenvalue weighted by atomic mass is 32.1. The molecule has 0 fully saturated rings. The van der Waals surface area contributed by atoms with E-state index < -0.39 is 0 Å². The Bertz CT molecular complexity index is 596. The molecule has 0 radical (unpaired) electrons. The van der Waals surface area contributed by atoms with E-state index >= 15 is 0 Å². The summed E-state index contributed by atoms with van der Waals surface area (Å²) in [4.78, 5) is 4.33. The van der Waals surface area contributed by atoms with Crippen molar-refractivity contribution in [1.82, 2.24) is 4.98 Å². The van der Waals surface area contributed by atoms with Crippen molar-refractivity contribution in [3.05, 3.63) is 33.8 Å². The Kier molecular flexibility index (Phi) is 3.27. The number of fused-ring (bicyclic) bond motifs is 1. The van der Waals surface area contributed by atoms with Crippen molar-refractivity contribution in [2.45, 2.75) is 20.1 Å². The number of hydrogen-bond acceptors (Lipinski definition) is 6. The SMILES string of the molecule is Cc1nc(COc2cc3c(cc2CO)OCO3)cs1. The summed E-state index contributed by atoms with van der Waals surface area (Å²) in [5, 5.41) is 12.3. The van der Waals surface area contributed by atoms with Gasteiger partial charge in [-0.3, -0.25) is 0 Å². The van der Waals surface area contributed by atoms with E-state index in [9.17, 15) is 5.11 Å². The molecule has 0 atom stereocenters. The second-order valence-electron chi connectivity index (χ2n) is 4.12. The maximum atomic E-state index is 9.36. The van der Waals surface area contributed by atoms with Crippen molar-refractivity contribution < 1.29 is 19.3 Å². The number of benzene rings is 1. The van der Waals surface area contributed by atoms with Crippen LogP contribution in [0, 0.1) is 6.92 Å². The molecule has 0 saturated carbocycles. The predicted molar refractivity (Wildman–Crippen MR) is 69.7 cm³/mol. The Hall–Kier alpha value is -1.79. The van der Waals surface area contributed by atoms with Gasteiger partial charge >= 0.3 is 0 Å². The molecule has 19 heavy (non-hydrogen) atoms. The Morgan fingerprint density at radius 3 is 2.84 bits per heavy atom. The molecule has 1 aromatic carbocycles. The largest absolute Gasteiger partial charge is 0.487 e. The molecule has 1 aliphatic rings. The lowest BCUT2D eigenvalue weighted by molar-refractivity contribution is 0.173. The summed E-state index contributed by atoms with van der Waals surface area (Å²) in [7, 11) is 0. The van der Waals surface area contributed by atoms with Crippen molar-refractivity contribution in [3.8, 4) is 17.2 Å². The minimum Gasteiger partial charge on any atom is -0.487 e. The maximum Gasteiger partial charge on any atom is 0.231 e. The zero-order valence-corrected chi connectivity index (χ0v) is 11.2. The van der Waals surface area contributed by atoms with E-state index in [1.165, 1.54) is 0 Å². The monoisotopic (exact) mass is 279 g/mol. The normalized spacial score (nSPS) is 12.7. The smallest absolute Gasteiger partial charge is 0.231 e. The van der Waals surface area contributed by atoms with Crippen LogP contribution in [-0.4, -0.2) is 16.9 Å². The van der Waals surface area contributed by atoms with E-state index in [2.05, 4.69) is 4.98 Å². The first-order chi connectivity index (χ1) is 9.26. The van der Waals surface area contributed by atoms with E-state index in [4.69, 9.17) is 14.2 Å². The third kappa shape index (κ3) is 2.50. The molecule has 2 aromatic rings. The van der Waals surface area contributed by atoms with Crippen LogP contribution in [0.15, 0.2) is 17.5 Å². The molecule has 6 heteroatoms.